The summed E-state index contributed by atoms with van der Waals surface area (Å²) in [6, 6.07) is 23.3. The van der Waals surface area contributed by atoms with Crippen molar-refractivity contribution in [1.82, 2.24) is 4.98 Å². The predicted molar refractivity (Wildman–Crippen MR) is 101 cm³/mol. The first-order valence-electron chi connectivity index (χ1n) is 7.78. The summed E-state index contributed by atoms with van der Waals surface area (Å²) in [5, 5.41) is 0.791. The molecule has 0 saturated heterocycles. The molecule has 0 radical (unpaired) electrons. The van der Waals surface area contributed by atoms with Crippen LogP contribution in [-0.4, -0.2) is 9.19 Å². The Morgan fingerprint density at radius 3 is 2.56 bits per heavy atom. The molecule has 4 aromatic rings. The molecule has 124 valence electrons. The highest BCUT2D eigenvalue weighted by atomic mass is 35.5. The molecule has 25 heavy (non-hydrogen) atoms. The maximum Gasteiger partial charge on any atom is 0.288 e. The lowest BCUT2D eigenvalue weighted by atomic mass is 10.0. The summed E-state index contributed by atoms with van der Waals surface area (Å²) in [6.45, 7) is 0. The van der Waals surface area contributed by atoms with Crippen LogP contribution in [0, 0.1) is 0 Å². The van der Waals surface area contributed by atoms with Crippen LogP contribution in [0.25, 0.3) is 22.2 Å². The fraction of sp³-hybridized carbons (Fsp3) is 0.0500. The van der Waals surface area contributed by atoms with E-state index in [1.807, 2.05) is 42.5 Å². The predicted octanol–water partition coefficient (Wildman–Crippen LogP) is 5.46. The first kappa shape index (κ1) is 16.1. The fourth-order valence-electron chi connectivity index (χ4n) is 2.66. The molecule has 1 unspecified atom stereocenters. The van der Waals surface area contributed by atoms with Gasteiger partial charge in [-0.2, -0.15) is 0 Å². The number of halogens is 1. The van der Waals surface area contributed by atoms with Crippen molar-refractivity contribution in [2.75, 3.05) is 0 Å². The van der Waals surface area contributed by atoms with Crippen molar-refractivity contribution in [3.8, 4) is 11.1 Å². The topological polar surface area (TPSA) is 43.1 Å². The van der Waals surface area contributed by atoms with E-state index in [1.165, 1.54) is 0 Å². The molecule has 0 aliphatic carbocycles. The Morgan fingerprint density at radius 2 is 1.72 bits per heavy atom. The summed E-state index contributed by atoms with van der Waals surface area (Å²) < 4.78 is 18.2. The van der Waals surface area contributed by atoms with Gasteiger partial charge in [0.25, 0.3) is 5.22 Å². The lowest BCUT2D eigenvalue weighted by molar-refractivity contribution is 0.477. The molecule has 5 heteroatoms. The average molecular weight is 368 g/mol. The Labute approximate surface area is 152 Å². The van der Waals surface area contributed by atoms with Crippen molar-refractivity contribution in [3.05, 3.63) is 83.4 Å². The van der Waals surface area contributed by atoms with E-state index < -0.39 is 10.8 Å². The van der Waals surface area contributed by atoms with Crippen molar-refractivity contribution < 1.29 is 8.63 Å². The average Bonchev–Trinajstić information content (AvgIpc) is 3.06. The summed E-state index contributed by atoms with van der Waals surface area (Å²) in [4.78, 5) is 4.31. The Kier molecular flexibility index (Phi) is 4.38. The van der Waals surface area contributed by atoms with Crippen LogP contribution in [0.3, 0.4) is 0 Å². The molecule has 0 aliphatic heterocycles. The molecule has 4 rings (SSSR count). The Hall–Kier alpha value is -2.43. The fourth-order valence-corrected chi connectivity index (χ4v) is 3.81. The van der Waals surface area contributed by atoms with Gasteiger partial charge in [0.15, 0.2) is 5.58 Å². The van der Waals surface area contributed by atoms with Gasteiger partial charge in [-0.15, -0.1) is 0 Å². The zero-order valence-electron chi connectivity index (χ0n) is 13.2. The van der Waals surface area contributed by atoms with Crippen molar-refractivity contribution in [1.29, 1.82) is 0 Å². The molecular formula is C20H14ClNO2S. The van der Waals surface area contributed by atoms with Gasteiger partial charge in [0, 0.05) is 11.1 Å². The van der Waals surface area contributed by atoms with Crippen LogP contribution in [-0.2, 0) is 16.6 Å². The highest BCUT2D eigenvalue weighted by Crippen LogP contribution is 2.24. The van der Waals surface area contributed by atoms with Crippen LogP contribution in [0.1, 0.15) is 5.56 Å². The third-order valence-corrected chi connectivity index (χ3v) is 5.25. The Morgan fingerprint density at radius 1 is 0.920 bits per heavy atom. The minimum absolute atomic E-state index is 0.224. The summed E-state index contributed by atoms with van der Waals surface area (Å²) in [7, 11) is -1.36. The Bertz CT molecular complexity index is 1060. The standard InChI is InChI=1S/C20H14ClNO2S/c21-17-9-10-18-19(12-17)24-20(22-18)25(23)13-14-5-4-8-16(11-14)15-6-2-1-3-7-15/h1-12H,13H2. The maximum absolute atomic E-state index is 12.6. The molecule has 3 aromatic carbocycles. The lowest BCUT2D eigenvalue weighted by Crippen LogP contribution is -1.97. The molecule has 1 aromatic heterocycles. The monoisotopic (exact) mass is 367 g/mol. The molecule has 0 N–H and O–H groups in total. The summed E-state index contributed by atoms with van der Waals surface area (Å²) in [6.07, 6.45) is 0. The van der Waals surface area contributed by atoms with Crippen molar-refractivity contribution in [2.24, 2.45) is 0 Å². The first-order chi connectivity index (χ1) is 12.2. The van der Waals surface area contributed by atoms with Crippen LogP contribution in [0.4, 0.5) is 0 Å². The summed E-state index contributed by atoms with van der Waals surface area (Å²) in [5.74, 6) is 0.348. The van der Waals surface area contributed by atoms with Gasteiger partial charge in [-0.3, -0.25) is 0 Å². The molecule has 3 nitrogen and oxygen atoms in total. The van der Waals surface area contributed by atoms with Crippen molar-refractivity contribution in [2.45, 2.75) is 11.0 Å². The summed E-state index contributed by atoms with van der Waals surface area (Å²) >= 11 is 5.95. The van der Waals surface area contributed by atoms with E-state index in [0.717, 1.165) is 16.7 Å². The molecule has 0 amide bonds. The van der Waals surface area contributed by atoms with Gasteiger partial charge in [-0.25, -0.2) is 9.19 Å². The molecule has 0 spiro atoms. The number of hydrogen-bond donors (Lipinski definition) is 0. The summed E-state index contributed by atoms with van der Waals surface area (Å²) in [5.41, 5.74) is 4.41. The largest absolute Gasteiger partial charge is 0.430 e. The van der Waals surface area contributed by atoms with Gasteiger partial charge in [0.05, 0.1) is 5.75 Å². The number of aromatic nitrogens is 1. The van der Waals surface area contributed by atoms with Gasteiger partial charge in [0.2, 0.25) is 0 Å². The number of fused-ring (bicyclic) bond motifs is 1. The van der Waals surface area contributed by atoms with Gasteiger partial charge in [0.1, 0.15) is 16.3 Å². The maximum atomic E-state index is 12.6. The molecule has 1 atom stereocenters. The molecule has 0 aliphatic rings. The molecule has 1 heterocycles. The van der Waals surface area contributed by atoms with E-state index in [-0.39, 0.29) is 5.22 Å². The highest BCUT2D eigenvalue weighted by Gasteiger charge is 2.14. The second-order valence-electron chi connectivity index (χ2n) is 5.65. The minimum atomic E-state index is -1.36. The van der Waals surface area contributed by atoms with E-state index in [2.05, 4.69) is 17.1 Å². The van der Waals surface area contributed by atoms with E-state index in [0.29, 0.717) is 21.9 Å². The third-order valence-electron chi connectivity index (χ3n) is 3.86. The van der Waals surface area contributed by atoms with Crippen molar-refractivity contribution >= 4 is 33.5 Å². The molecule has 0 fully saturated rings. The van der Waals surface area contributed by atoms with E-state index >= 15 is 0 Å². The Balaban J connectivity index is 1.60. The van der Waals surface area contributed by atoms with Gasteiger partial charge >= 0.3 is 0 Å². The van der Waals surface area contributed by atoms with Gasteiger partial charge < -0.3 is 4.42 Å². The SMILES string of the molecule is O=S(Cc1cccc(-c2ccccc2)c1)c1nc2ccc(Cl)cc2o1. The number of hydrogen-bond acceptors (Lipinski definition) is 3. The van der Waals surface area contributed by atoms with Crippen LogP contribution in [0.15, 0.2) is 82.4 Å². The van der Waals surface area contributed by atoms with Crippen LogP contribution >= 0.6 is 11.6 Å². The van der Waals surface area contributed by atoms with Crippen LogP contribution in [0.2, 0.25) is 5.02 Å². The van der Waals surface area contributed by atoms with E-state index in [4.69, 9.17) is 16.0 Å². The molecular weight excluding hydrogens is 354 g/mol. The molecule has 0 bridgehead atoms. The first-order valence-corrected chi connectivity index (χ1v) is 9.47. The van der Waals surface area contributed by atoms with Gasteiger partial charge in [-0.1, -0.05) is 66.2 Å². The number of benzene rings is 3. The second kappa shape index (κ2) is 6.82. The second-order valence-corrected chi connectivity index (χ2v) is 7.41. The normalized spacial score (nSPS) is 12.4. The minimum Gasteiger partial charge on any atom is -0.430 e. The van der Waals surface area contributed by atoms with E-state index in [9.17, 15) is 4.21 Å². The quantitative estimate of drug-likeness (QED) is 0.481. The number of nitrogens with zero attached hydrogens (tertiary/aromatic N) is 1. The van der Waals surface area contributed by atoms with E-state index in [1.54, 1.807) is 18.2 Å². The number of rotatable bonds is 4. The van der Waals surface area contributed by atoms with Crippen LogP contribution < -0.4 is 0 Å². The number of oxazole rings is 1. The van der Waals surface area contributed by atoms with Crippen molar-refractivity contribution in [3.63, 3.8) is 0 Å². The molecule has 0 saturated carbocycles. The third kappa shape index (κ3) is 3.50. The zero-order valence-corrected chi connectivity index (χ0v) is 14.8. The lowest BCUT2D eigenvalue weighted by Gasteiger charge is -2.04. The smallest absolute Gasteiger partial charge is 0.288 e. The van der Waals surface area contributed by atoms with Crippen LogP contribution in [0.5, 0.6) is 0 Å². The van der Waals surface area contributed by atoms with Gasteiger partial charge in [-0.05, 0) is 28.8 Å². The highest BCUT2D eigenvalue weighted by molar-refractivity contribution is 7.84. The zero-order chi connectivity index (χ0) is 17.2.